The number of anilines is 3. The summed E-state index contributed by atoms with van der Waals surface area (Å²) >= 11 is 0. The molecule has 1 fully saturated rings. The molecule has 2 heterocycles. The van der Waals surface area contributed by atoms with Gasteiger partial charge in [-0.25, -0.2) is 10.8 Å². The summed E-state index contributed by atoms with van der Waals surface area (Å²) < 4.78 is 5.66. The first-order valence-electron chi connectivity index (χ1n) is 9.98. The monoisotopic (exact) mass is 385 g/mol. The molecule has 152 valence electrons. The molecule has 0 unspecified atom stereocenters. The molecule has 0 bridgehead atoms. The molecular formula is C20H31N7O. The highest BCUT2D eigenvalue weighted by Gasteiger charge is 2.17. The van der Waals surface area contributed by atoms with E-state index >= 15 is 0 Å². The topological polar surface area (TPSA) is 106 Å². The molecule has 1 aromatic carbocycles. The summed E-state index contributed by atoms with van der Waals surface area (Å²) in [5.74, 6) is 7.17. The van der Waals surface area contributed by atoms with Gasteiger partial charge < -0.3 is 20.8 Å². The van der Waals surface area contributed by atoms with Gasteiger partial charge in [-0.15, -0.1) is 0 Å². The summed E-state index contributed by atoms with van der Waals surface area (Å²) in [5.41, 5.74) is 10.4. The number of aryl methyl sites for hydroxylation is 1. The lowest BCUT2D eigenvalue weighted by atomic mass is 10.2. The van der Waals surface area contributed by atoms with Crippen LogP contribution in [-0.4, -0.2) is 54.2 Å². The maximum Gasteiger partial charge on any atom is 0.222 e. The molecular weight excluding hydrogens is 354 g/mol. The van der Waals surface area contributed by atoms with E-state index in [1.165, 1.54) is 5.69 Å². The second-order valence-corrected chi connectivity index (χ2v) is 7.02. The minimum Gasteiger partial charge on any atom is -0.494 e. The lowest BCUT2D eigenvalue weighted by Crippen LogP contribution is -2.46. The summed E-state index contributed by atoms with van der Waals surface area (Å²) in [6.07, 6.45) is 2.92. The largest absolute Gasteiger partial charge is 0.494 e. The van der Waals surface area contributed by atoms with Crippen molar-refractivity contribution in [3.05, 3.63) is 36.0 Å². The summed E-state index contributed by atoms with van der Waals surface area (Å²) in [4.78, 5) is 13.2. The number of ether oxygens (including phenoxy) is 1. The molecule has 0 atom stereocenters. The zero-order valence-electron chi connectivity index (χ0n) is 16.6. The van der Waals surface area contributed by atoms with Gasteiger partial charge in [0.1, 0.15) is 11.6 Å². The number of rotatable bonds is 9. The third-order valence-corrected chi connectivity index (χ3v) is 4.90. The van der Waals surface area contributed by atoms with Crippen LogP contribution in [-0.2, 0) is 6.42 Å². The van der Waals surface area contributed by atoms with Gasteiger partial charge in [-0.3, -0.25) is 4.90 Å². The van der Waals surface area contributed by atoms with E-state index in [9.17, 15) is 0 Å². The average Bonchev–Trinajstić information content (AvgIpc) is 2.73. The van der Waals surface area contributed by atoms with E-state index in [2.05, 4.69) is 56.4 Å². The van der Waals surface area contributed by atoms with Crippen molar-refractivity contribution in [2.75, 3.05) is 55.4 Å². The predicted octanol–water partition coefficient (Wildman–Crippen LogP) is 1.89. The summed E-state index contributed by atoms with van der Waals surface area (Å²) in [5, 5.41) is 0. The summed E-state index contributed by atoms with van der Waals surface area (Å²) in [6.45, 7) is 8.14. The van der Waals surface area contributed by atoms with E-state index in [4.69, 9.17) is 16.3 Å². The molecule has 28 heavy (non-hydrogen) atoms. The Hall–Kier alpha value is -2.58. The number of aromatic nitrogens is 2. The Morgan fingerprint density at radius 3 is 2.54 bits per heavy atom. The van der Waals surface area contributed by atoms with E-state index in [1.54, 1.807) is 0 Å². The van der Waals surface area contributed by atoms with Crippen LogP contribution in [0.2, 0.25) is 0 Å². The van der Waals surface area contributed by atoms with Crippen LogP contribution in [0.4, 0.5) is 17.5 Å². The van der Waals surface area contributed by atoms with Crippen molar-refractivity contribution in [3.8, 4) is 5.75 Å². The number of hydrazine groups is 1. The maximum absolute atomic E-state index is 5.71. The van der Waals surface area contributed by atoms with Crippen LogP contribution in [0.25, 0.3) is 0 Å². The van der Waals surface area contributed by atoms with Gasteiger partial charge in [-0.05, 0) is 50.1 Å². The van der Waals surface area contributed by atoms with Crippen molar-refractivity contribution in [2.24, 2.45) is 5.84 Å². The van der Waals surface area contributed by atoms with Gasteiger partial charge in [-0.2, -0.15) is 4.98 Å². The third-order valence-electron chi connectivity index (χ3n) is 4.90. The van der Waals surface area contributed by atoms with Gasteiger partial charge in [0.25, 0.3) is 0 Å². The molecule has 0 spiro atoms. The fourth-order valence-electron chi connectivity index (χ4n) is 3.41. The molecule has 2 aromatic rings. The van der Waals surface area contributed by atoms with E-state index in [0.717, 1.165) is 70.0 Å². The van der Waals surface area contributed by atoms with Crippen molar-refractivity contribution >= 4 is 17.5 Å². The number of nitrogens with one attached hydrogen (secondary N) is 1. The summed E-state index contributed by atoms with van der Waals surface area (Å²) in [6, 6.07) is 10.3. The van der Waals surface area contributed by atoms with Crippen molar-refractivity contribution in [2.45, 2.75) is 26.2 Å². The molecule has 8 nitrogen and oxygen atoms in total. The quantitative estimate of drug-likeness (QED) is 0.444. The standard InChI is InChI=1S/C20H31N7O/c1-2-14-28-18-7-5-17(6-8-18)27-12-10-26(11-13-27)9-3-4-16-15-19(25-22)24-20(21)23-16/h5-8,15H,2-4,9-14,22H2,1H3,(H3,21,23,24,25). The van der Waals surface area contributed by atoms with E-state index in [1.807, 2.05) is 6.07 Å². The van der Waals surface area contributed by atoms with Gasteiger partial charge in [0.05, 0.1) is 6.61 Å². The van der Waals surface area contributed by atoms with Crippen molar-refractivity contribution in [1.82, 2.24) is 14.9 Å². The highest BCUT2D eigenvalue weighted by atomic mass is 16.5. The van der Waals surface area contributed by atoms with Gasteiger partial charge >= 0.3 is 0 Å². The maximum atomic E-state index is 5.71. The molecule has 0 radical (unpaired) electrons. The number of piperazine rings is 1. The highest BCUT2D eigenvalue weighted by Crippen LogP contribution is 2.21. The van der Waals surface area contributed by atoms with Crippen molar-refractivity contribution in [1.29, 1.82) is 0 Å². The number of benzene rings is 1. The van der Waals surface area contributed by atoms with Crippen molar-refractivity contribution in [3.63, 3.8) is 0 Å². The summed E-state index contributed by atoms with van der Waals surface area (Å²) in [7, 11) is 0. The van der Waals surface area contributed by atoms with Gasteiger partial charge in [0.15, 0.2) is 0 Å². The third kappa shape index (κ3) is 5.71. The van der Waals surface area contributed by atoms with Crippen LogP contribution < -0.4 is 26.6 Å². The Labute approximate surface area is 166 Å². The SMILES string of the molecule is CCCOc1ccc(N2CCN(CCCc3cc(NN)nc(N)n3)CC2)cc1. The normalized spacial score (nSPS) is 14.9. The number of nitrogen functional groups attached to an aromatic ring is 2. The molecule has 0 saturated carbocycles. The predicted molar refractivity (Wildman–Crippen MR) is 113 cm³/mol. The lowest BCUT2D eigenvalue weighted by Gasteiger charge is -2.36. The Morgan fingerprint density at radius 2 is 1.86 bits per heavy atom. The van der Waals surface area contributed by atoms with Crippen molar-refractivity contribution < 1.29 is 4.74 Å². The zero-order valence-corrected chi connectivity index (χ0v) is 16.6. The smallest absolute Gasteiger partial charge is 0.222 e. The first-order valence-corrected chi connectivity index (χ1v) is 9.98. The number of nitrogens with two attached hydrogens (primary N) is 2. The van der Waals surface area contributed by atoms with Crippen LogP contribution >= 0.6 is 0 Å². The molecule has 3 rings (SSSR count). The zero-order chi connectivity index (χ0) is 19.8. The van der Waals surface area contributed by atoms with Gasteiger partial charge in [-0.1, -0.05) is 6.92 Å². The van der Waals surface area contributed by atoms with E-state index in [0.29, 0.717) is 5.82 Å². The van der Waals surface area contributed by atoms with Crippen LogP contribution in [0.5, 0.6) is 5.75 Å². The van der Waals surface area contributed by atoms with Crippen LogP contribution in [0.15, 0.2) is 30.3 Å². The molecule has 5 N–H and O–H groups in total. The lowest BCUT2D eigenvalue weighted by molar-refractivity contribution is 0.255. The van der Waals surface area contributed by atoms with E-state index in [-0.39, 0.29) is 5.95 Å². The van der Waals surface area contributed by atoms with Gasteiger partial charge in [0.2, 0.25) is 5.95 Å². The molecule has 0 aliphatic carbocycles. The highest BCUT2D eigenvalue weighted by molar-refractivity contribution is 5.49. The van der Waals surface area contributed by atoms with E-state index < -0.39 is 0 Å². The molecule has 8 heteroatoms. The first kappa shape index (κ1) is 20.2. The molecule has 1 aliphatic rings. The Morgan fingerprint density at radius 1 is 1.11 bits per heavy atom. The number of nitrogens with zero attached hydrogens (tertiary/aromatic N) is 4. The average molecular weight is 386 g/mol. The second-order valence-electron chi connectivity index (χ2n) is 7.02. The number of hydrogen-bond donors (Lipinski definition) is 3. The molecule has 1 aromatic heterocycles. The minimum atomic E-state index is 0.255. The Bertz CT molecular complexity index is 730. The molecule has 1 aliphatic heterocycles. The van der Waals surface area contributed by atoms with Crippen LogP contribution in [0.3, 0.4) is 0 Å². The fraction of sp³-hybridized carbons (Fsp3) is 0.500. The number of hydrogen-bond acceptors (Lipinski definition) is 8. The van der Waals surface area contributed by atoms with Crippen LogP contribution in [0.1, 0.15) is 25.5 Å². The van der Waals surface area contributed by atoms with Crippen LogP contribution in [0, 0.1) is 0 Å². The minimum absolute atomic E-state index is 0.255. The Balaban J connectivity index is 1.41. The second kappa shape index (κ2) is 10.1. The fourth-order valence-corrected chi connectivity index (χ4v) is 3.41. The Kier molecular flexibility index (Phi) is 7.27. The molecule has 1 saturated heterocycles. The molecule has 0 amide bonds. The first-order chi connectivity index (χ1) is 13.7. The van der Waals surface area contributed by atoms with Gasteiger partial charge in [0, 0.05) is 43.6 Å².